The second-order valence-electron chi connectivity index (χ2n) is 5.93. The van der Waals surface area contributed by atoms with E-state index in [2.05, 4.69) is 12.2 Å². The van der Waals surface area contributed by atoms with Crippen LogP contribution in [0, 0.1) is 5.92 Å². The van der Waals surface area contributed by atoms with Crippen molar-refractivity contribution in [1.29, 1.82) is 0 Å². The van der Waals surface area contributed by atoms with E-state index >= 15 is 0 Å². The molecule has 3 nitrogen and oxygen atoms in total. The monoisotopic (exact) mass is 406 g/mol. The highest BCUT2D eigenvalue weighted by Crippen LogP contribution is 2.37. The summed E-state index contributed by atoms with van der Waals surface area (Å²) in [6.07, 6.45) is 2.10. The highest BCUT2D eigenvalue weighted by Gasteiger charge is 2.26. The summed E-state index contributed by atoms with van der Waals surface area (Å²) in [5.41, 5.74) is 0. The molecule has 0 bridgehead atoms. The zero-order valence-corrected chi connectivity index (χ0v) is 16.6. The number of hydrogen-bond donors (Lipinski definition) is 1. The van der Waals surface area contributed by atoms with E-state index in [1.165, 1.54) is 11.3 Å². The van der Waals surface area contributed by atoms with Crippen molar-refractivity contribution in [2.75, 3.05) is 26.2 Å². The zero-order chi connectivity index (χ0) is 16.4. The van der Waals surface area contributed by atoms with Gasteiger partial charge in [0.1, 0.15) is 4.88 Å². The number of benzene rings is 1. The summed E-state index contributed by atoms with van der Waals surface area (Å²) in [5, 5.41) is 5.52. The highest BCUT2D eigenvalue weighted by atomic mass is 35.5. The van der Waals surface area contributed by atoms with Gasteiger partial charge in [-0.1, -0.05) is 36.2 Å². The van der Waals surface area contributed by atoms with Gasteiger partial charge in [0.2, 0.25) is 0 Å². The van der Waals surface area contributed by atoms with Gasteiger partial charge in [0.05, 0.1) is 5.02 Å². The van der Waals surface area contributed by atoms with E-state index in [-0.39, 0.29) is 18.3 Å². The summed E-state index contributed by atoms with van der Waals surface area (Å²) < 4.78 is 0.966. The molecule has 1 aliphatic rings. The third-order valence-corrected chi connectivity index (χ3v) is 6.25. The molecule has 1 aromatic heterocycles. The van der Waals surface area contributed by atoms with Gasteiger partial charge in [-0.3, -0.25) is 4.79 Å². The maximum Gasteiger partial charge on any atom is 0.265 e. The number of amides is 1. The Kier molecular flexibility index (Phi) is 7.20. The molecule has 7 heteroatoms. The smallest absolute Gasteiger partial charge is 0.265 e. The number of nitrogens with zero attached hydrogens (tertiary/aromatic N) is 1. The number of hydrogen-bond acceptors (Lipinski definition) is 3. The normalized spacial score (nSPS) is 15.5. The van der Waals surface area contributed by atoms with Gasteiger partial charge in [-0.05, 0) is 44.0 Å². The van der Waals surface area contributed by atoms with E-state index < -0.39 is 0 Å². The average molecular weight is 408 g/mol. The molecule has 1 fully saturated rings. The number of nitrogens with one attached hydrogen (secondary N) is 1. The Balaban J connectivity index is 0.00000208. The van der Waals surface area contributed by atoms with Crippen LogP contribution in [-0.4, -0.2) is 37.0 Å². The number of carbonyl (C=O) groups is 1. The van der Waals surface area contributed by atoms with Crippen LogP contribution in [0.1, 0.15) is 29.4 Å². The standard InChI is InChI=1S/C17H20Cl2N2OS.ClH/c1-2-20-10-11-5-7-21(8-6-11)17(22)16-15(19)13-4-3-12(18)9-14(13)23-16;/h3-4,9,11,20H,2,5-8,10H2,1H3;1H. The van der Waals surface area contributed by atoms with E-state index in [0.717, 1.165) is 49.1 Å². The summed E-state index contributed by atoms with van der Waals surface area (Å²) in [6, 6.07) is 5.56. The lowest BCUT2D eigenvalue weighted by molar-refractivity contribution is 0.0695. The molecule has 0 unspecified atom stereocenters. The molecule has 0 saturated carbocycles. The predicted octanol–water partition coefficient (Wildman–Crippen LogP) is 5.09. The number of fused-ring (bicyclic) bond motifs is 1. The number of piperidine rings is 1. The second-order valence-corrected chi connectivity index (χ2v) is 7.80. The van der Waals surface area contributed by atoms with Gasteiger partial charge >= 0.3 is 0 Å². The largest absolute Gasteiger partial charge is 0.338 e. The summed E-state index contributed by atoms with van der Waals surface area (Å²) in [7, 11) is 0. The molecule has 1 saturated heterocycles. The first-order chi connectivity index (χ1) is 11.1. The minimum atomic E-state index is 0. The van der Waals surface area contributed by atoms with Crippen molar-refractivity contribution in [3.63, 3.8) is 0 Å². The molecule has 2 aromatic rings. The molecule has 1 aromatic carbocycles. The van der Waals surface area contributed by atoms with Crippen LogP contribution < -0.4 is 5.32 Å². The Hall–Kier alpha value is -0.520. The van der Waals surface area contributed by atoms with Gasteiger partial charge in [-0.2, -0.15) is 0 Å². The molecule has 1 aliphatic heterocycles. The molecule has 132 valence electrons. The Morgan fingerprint density at radius 2 is 2.04 bits per heavy atom. The molecule has 0 atom stereocenters. The van der Waals surface area contributed by atoms with Crippen LogP contribution in [0.15, 0.2) is 18.2 Å². The number of rotatable bonds is 4. The molecule has 0 spiro atoms. The summed E-state index contributed by atoms with van der Waals surface area (Å²) in [6.45, 7) is 5.77. The molecule has 3 rings (SSSR count). The third-order valence-electron chi connectivity index (χ3n) is 4.37. The first-order valence-corrected chi connectivity index (χ1v) is 9.55. The predicted molar refractivity (Wildman–Crippen MR) is 106 cm³/mol. The van der Waals surface area contributed by atoms with Crippen LogP contribution in [0.4, 0.5) is 0 Å². The van der Waals surface area contributed by atoms with Crippen molar-refractivity contribution >= 4 is 62.9 Å². The SMILES string of the molecule is CCNCC1CCN(C(=O)c2sc3cc(Cl)ccc3c2Cl)CC1.Cl. The van der Waals surface area contributed by atoms with E-state index in [9.17, 15) is 4.79 Å². The summed E-state index contributed by atoms with van der Waals surface area (Å²) >= 11 is 13.9. The van der Waals surface area contributed by atoms with Crippen molar-refractivity contribution in [1.82, 2.24) is 10.2 Å². The van der Waals surface area contributed by atoms with Crippen LogP contribution in [0.2, 0.25) is 10.0 Å². The second kappa shape index (κ2) is 8.72. The first kappa shape index (κ1) is 19.8. The fraction of sp³-hybridized carbons (Fsp3) is 0.471. The molecule has 2 heterocycles. The number of thiophene rings is 1. The summed E-state index contributed by atoms with van der Waals surface area (Å²) in [4.78, 5) is 15.4. The minimum Gasteiger partial charge on any atom is -0.338 e. The molecule has 0 aliphatic carbocycles. The van der Waals surface area contributed by atoms with Crippen LogP contribution in [-0.2, 0) is 0 Å². The number of likely N-dealkylation sites (tertiary alicyclic amines) is 1. The molecule has 0 radical (unpaired) electrons. The third kappa shape index (κ3) is 4.17. The maximum atomic E-state index is 12.8. The number of carbonyl (C=O) groups excluding carboxylic acids is 1. The molecule has 1 N–H and O–H groups in total. The lowest BCUT2D eigenvalue weighted by Crippen LogP contribution is -2.40. The quantitative estimate of drug-likeness (QED) is 0.765. The number of halogens is 3. The Bertz CT molecular complexity index is 711. The van der Waals surface area contributed by atoms with Gasteiger partial charge < -0.3 is 10.2 Å². The van der Waals surface area contributed by atoms with Crippen LogP contribution >= 0.6 is 46.9 Å². The average Bonchev–Trinajstić information content (AvgIpc) is 2.89. The first-order valence-electron chi connectivity index (χ1n) is 7.97. The van der Waals surface area contributed by atoms with Crippen molar-refractivity contribution in [2.45, 2.75) is 19.8 Å². The fourth-order valence-corrected chi connectivity index (χ4v) is 4.76. The maximum absolute atomic E-state index is 12.8. The van der Waals surface area contributed by atoms with Crippen molar-refractivity contribution in [3.8, 4) is 0 Å². The lowest BCUT2D eigenvalue weighted by atomic mass is 9.96. The van der Waals surface area contributed by atoms with E-state index in [1.807, 2.05) is 23.1 Å². The van der Waals surface area contributed by atoms with Gasteiger partial charge in [0, 0.05) is 28.2 Å². The molecular weight excluding hydrogens is 387 g/mol. The van der Waals surface area contributed by atoms with Crippen molar-refractivity contribution in [3.05, 3.63) is 33.1 Å². The van der Waals surface area contributed by atoms with Crippen molar-refractivity contribution < 1.29 is 4.79 Å². The lowest BCUT2D eigenvalue weighted by Gasteiger charge is -2.32. The van der Waals surface area contributed by atoms with E-state index in [1.54, 1.807) is 0 Å². The van der Waals surface area contributed by atoms with E-state index in [0.29, 0.717) is 20.8 Å². The highest BCUT2D eigenvalue weighted by molar-refractivity contribution is 7.21. The summed E-state index contributed by atoms with van der Waals surface area (Å²) in [5.74, 6) is 0.713. The van der Waals surface area contributed by atoms with Crippen LogP contribution in [0.5, 0.6) is 0 Å². The Morgan fingerprint density at radius 3 is 2.71 bits per heavy atom. The Morgan fingerprint density at radius 1 is 1.33 bits per heavy atom. The van der Waals surface area contributed by atoms with Crippen molar-refractivity contribution in [2.24, 2.45) is 5.92 Å². The van der Waals surface area contributed by atoms with Gasteiger partial charge in [0.15, 0.2) is 0 Å². The molecule has 1 amide bonds. The molecule has 24 heavy (non-hydrogen) atoms. The van der Waals surface area contributed by atoms with Gasteiger partial charge in [-0.25, -0.2) is 0 Å². The fourth-order valence-electron chi connectivity index (χ4n) is 3.01. The Labute approximate surface area is 162 Å². The van der Waals surface area contributed by atoms with Gasteiger partial charge in [-0.15, -0.1) is 23.7 Å². The minimum absolute atomic E-state index is 0. The van der Waals surface area contributed by atoms with Crippen LogP contribution in [0.25, 0.3) is 10.1 Å². The zero-order valence-electron chi connectivity index (χ0n) is 13.5. The van der Waals surface area contributed by atoms with Crippen LogP contribution in [0.3, 0.4) is 0 Å². The van der Waals surface area contributed by atoms with Gasteiger partial charge in [0.25, 0.3) is 5.91 Å². The van der Waals surface area contributed by atoms with E-state index in [4.69, 9.17) is 23.2 Å². The molecular formula is C17H21Cl3N2OS. The topological polar surface area (TPSA) is 32.3 Å².